The van der Waals surface area contributed by atoms with Crippen LogP contribution in [0.15, 0.2) is 12.4 Å². The van der Waals surface area contributed by atoms with Crippen LogP contribution >= 0.6 is 34.2 Å². The maximum absolute atomic E-state index is 6.14. The summed E-state index contributed by atoms with van der Waals surface area (Å²) in [5.41, 5.74) is 0.872. The summed E-state index contributed by atoms with van der Waals surface area (Å²) in [6.07, 6.45) is 4.60. The Labute approximate surface area is 101 Å². The number of aromatic nitrogens is 3. The zero-order valence-corrected chi connectivity index (χ0v) is 10.6. The monoisotopic (exact) mass is 321 g/mol. The van der Waals surface area contributed by atoms with E-state index in [9.17, 15) is 0 Å². The van der Waals surface area contributed by atoms with Gasteiger partial charge in [0.2, 0.25) is 0 Å². The molecule has 0 spiro atoms. The molecule has 2 aromatic heterocycles. The van der Waals surface area contributed by atoms with Crippen LogP contribution in [-0.2, 0) is 6.54 Å². The second-order valence-corrected chi connectivity index (χ2v) is 4.57. The maximum atomic E-state index is 6.14. The second-order valence-electron chi connectivity index (χ2n) is 3.03. The lowest BCUT2D eigenvalue weighted by Crippen LogP contribution is -1.99. The summed E-state index contributed by atoms with van der Waals surface area (Å²) in [6.45, 7) is 3.00. The Morgan fingerprint density at radius 3 is 3.00 bits per heavy atom. The summed E-state index contributed by atoms with van der Waals surface area (Å²) in [5.74, 6) is 0. The van der Waals surface area contributed by atoms with E-state index in [1.54, 1.807) is 12.4 Å². The predicted molar refractivity (Wildman–Crippen MR) is 65.5 cm³/mol. The summed E-state index contributed by atoms with van der Waals surface area (Å²) in [6, 6.07) is 0. The van der Waals surface area contributed by atoms with Crippen LogP contribution in [0, 0.1) is 3.57 Å². The minimum absolute atomic E-state index is 0.748. The van der Waals surface area contributed by atoms with Crippen molar-refractivity contribution in [2.75, 3.05) is 0 Å². The summed E-state index contributed by atoms with van der Waals surface area (Å²) in [5, 5.41) is 5.94. The van der Waals surface area contributed by atoms with Crippen molar-refractivity contribution >= 4 is 45.2 Å². The van der Waals surface area contributed by atoms with Gasteiger partial charge in [0, 0.05) is 12.7 Å². The Balaban J connectivity index is 2.64. The zero-order valence-electron chi connectivity index (χ0n) is 7.67. The van der Waals surface area contributed by atoms with Crippen LogP contribution in [-0.4, -0.2) is 14.8 Å². The summed E-state index contributed by atoms with van der Waals surface area (Å²) in [7, 11) is 0. The van der Waals surface area contributed by atoms with Gasteiger partial charge in [-0.05, 0) is 29.0 Å². The lowest BCUT2D eigenvalue weighted by atomic mass is 10.3. The highest BCUT2D eigenvalue weighted by molar-refractivity contribution is 14.1. The van der Waals surface area contributed by atoms with Crippen molar-refractivity contribution < 1.29 is 0 Å². The van der Waals surface area contributed by atoms with Crippen molar-refractivity contribution in [3.8, 4) is 0 Å². The molecule has 14 heavy (non-hydrogen) atoms. The Morgan fingerprint density at radius 2 is 2.29 bits per heavy atom. The Hall–Kier alpha value is -0.360. The van der Waals surface area contributed by atoms with E-state index in [-0.39, 0.29) is 0 Å². The average Bonchev–Trinajstić information content (AvgIpc) is 2.57. The van der Waals surface area contributed by atoms with Crippen LogP contribution in [0.25, 0.3) is 11.0 Å². The molecule has 0 amide bonds. The lowest BCUT2D eigenvalue weighted by Gasteiger charge is -2.00. The molecule has 0 bridgehead atoms. The Morgan fingerprint density at radius 1 is 1.50 bits per heavy atom. The molecule has 0 aromatic carbocycles. The first kappa shape index (κ1) is 10.2. The van der Waals surface area contributed by atoms with E-state index < -0.39 is 0 Å². The van der Waals surface area contributed by atoms with E-state index in [1.807, 2.05) is 4.68 Å². The van der Waals surface area contributed by atoms with Crippen LogP contribution in [0.5, 0.6) is 0 Å². The van der Waals surface area contributed by atoms with Crippen molar-refractivity contribution in [1.82, 2.24) is 14.8 Å². The van der Waals surface area contributed by atoms with Crippen molar-refractivity contribution in [1.29, 1.82) is 0 Å². The highest BCUT2D eigenvalue weighted by Crippen LogP contribution is 2.26. The van der Waals surface area contributed by atoms with Gasteiger partial charge >= 0.3 is 0 Å². The third kappa shape index (κ3) is 1.61. The molecule has 0 saturated heterocycles. The third-order valence-electron chi connectivity index (χ3n) is 1.99. The molecular formula is C9H9ClIN3. The van der Waals surface area contributed by atoms with Crippen LogP contribution < -0.4 is 0 Å². The number of hydrogen-bond donors (Lipinski definition) is 0. The number of fused-ring (bicyclic) bond motifs is 1. The molecule has 0 radical (unpaired) electrons. The molecular weight excluding hydrogens is 312 g/mol. The summed E-state index contributed by atoms with van der Waals surface area (Å²) >= 11 is 8.31. The number of halogens is 2. The fraction of sp³-hybridized carbons (Fsp3) is 0.333. The van der Waals surface area contributed by atoms with Gasteiger partial charge in [-0.3, -0.25) is 0 Å². The van der Waals surface area contributed by atoms with Gasteiger partial charge in [0.15, 0.2) is 5.65 Å². The second kappa shape index (κ2) is 4.02. The number of hydrogen-bond acceptors (Lipinski definition) is 2. The quantitative estimate of drug-likeness (QED) is 0.796. The van der Waals surface area contributed by atoms with Gasteiger partial charge in [0.05, 0.1) is 20.2 Å². The molecule has 74 valence electrons. The first-order valence-corrected chi connectivity index (χ1v) is 5.85. The Bertz CT molecular complexity index is 466. The van der Waals surface area contributed by atoms with E-state index >= 15 is 0 Å². The lowest BCUT2D eigenvalue weighted by molar-refractivity contribution is 0.617. The predicted octanol–water partition coefficient (Wildman–Crippen LogP) is 3.10. The van der Waals surface area contributed by atoms with Gasteiger partial charge in [-0.2, -0.15) is 5.10 Å². The van der Waals surface area contributed by atoms with E-state index in [4.69, 9.17) is 11.6 Å². The van der Waals surface area contributed by atoms with Gasteiger partial charge in [-0.1, -0.05) is 18.5 Å². The molecule has 0 aliphatic carbocycles. The van der Waals surface area contributed by atoms with Gasteiger partial charge in [-0.15, -0.1) is 0 Å². The van der Waals surface area contributed by atoms with E-state index in [1.165, 1.54) is 0 Å². The van der Waals surface area contributed by atoms with Crippen LogP contribution in [0.4, 0.5) is 0 Å². The largest absolute Gasteiger partial charge is 0.247 e. The fourth-order valence-corrected chi connectivity index (χ4v) is 1.96. The zero-order chi connectivity index (χ0) is 10.1. The molecule has 2 heterocycles. The van der Waals surface area contributed by atoms with Gasteiger partial charge in [0.25, 0.3) is 0 Å². The molecule has 3 nitrogen and oxygen atoms in total. The van der Waals surface area contributed by atoms with Crippen molar-refractivity contribution in [2.24, 2.45) is 0 Å². The van der Waals surface area contributed by atoms with E-state index in [0.717, 1.165) is 32.6 Å². The van der Waals surface area contributed by atoms with E-state index in [2.05, 4.69) is 39.6 Å². The molecule has 2 rings (SSSR count). The molecule has 0 unspecified atom stereocenters. The summed E-state index contributed by atoms with van der Waals surface area (Å²) in [4.78, 5) is 4.33. The van der Waals surface area contributed by atoms with Gasteiger partial charge in [0.1, 0.15) is 0 Å². The number of nitrogens with zero attached hydrogens (tertiary/aromatic N) is 3. The first-order valence-electron chi connectivity index (χ1n) is 4.39. The number of rotatable bonds is 2. The normalized spacial score (nSPS) is 11.1. The molecule has 0 N–H and O–H groups in total. The SMILES string of the molecule is CCCn1ncc2c(Cl)c(I)cnc21. The molecule has 0 aliphatic heterocycles. The average molecular weight is 322 g/mol. The minimum atomic E-state index is 0.748. The van der Waals surface area contributed by atoms with Gasteiger partial charge in [-0.25, -0.2) is 9.67 Å². The highest BCUT2D eigenvalue weighted by atomic mass is 127. The number of aryl methyl sites for hydroxylation is 1. The van der Waals surface area contributed by atoms with Gasteiger partial charge < -0.3 is 0 Å². The molecule has 0 aliphatic rings. The van der Waals surface area contributed by atoms with Crippen LogP contribution in [0.3, 0.4) is 0 Å². The third-order valence-corrected chi connectivity index (χ3v) is 3.54. The maximum Gasteiger partial charge on any atom is 0.159 e. The van der Waals surface area contributed by atoms with Crippen molar-refractivity contribution in [2.45, 2.75) is 19.9 Å². The van der Waals surface area contributed by atoms with E-state index in [0.29, 0.717) is 0 Å². The fourth-order valence-electron chi connectivity index (χ4n) is 1.35. The summed E-state index contributed by atoms with van der Waals surface area (Å²) < 4.78 is 2.85. The highest BCUT2D eigenvalue weighted by Gasteiger charge is 2.09. The standard InChI is InChI=1S/C9H9ClIN3/c1-2-3-14-9-6(4-13-14)8(10)7(11)5-12-9/h4-5H,2-3H2,1H3. The smallest absolute Gasteiger partial charge is 0.159 e. The van der Waals surface area contributed by atoms with Crippen LogP contribution in [0.1, 0.15) is 13.3 Å². The molecule has 5 heteroatoms. The molecule has 0 fully saturated rings. The van der Waals surface area contributed by atoms with Crippen LogP contribution in [0.2, 0.25) is 5.02 Å². The molecule has 2 aromatic rings. The first-order chi connectivity index (χ1) is 6.74. The Kier molecular flexibility index (Phi) is 2.92. The molecule has 0 saturated carbocycles. The van der Waals surface area contributed by atoms with Crippen molar-refractivity contribution in [3.05, 3.63) is 21.0 Å². The molecule has 0 atom stereocenters. The topological polar surface area (TPSA) is 30.7 Å². The minimum Gasteiger partial charge on any atom is -0.247 e. The van der Waals surface area contributed by atoms with Crippen molar-refractivity contribution in [3.63, 3.8) is 0 Å². The number of pyridine rings is 1.